The molecule has 37 heavy (non-hydrogen) atoms. The average molecular weight is 500 g/mol. The van der Waals surface area contributed by atoms with Crippen molar-refractivity contribution in [2.45, 2.75) is 52.2 Å². The Bertz CT molecular complexity index is 1270. The average Bonchev–Trinajstić information content (AvgIpc) is 3.43. The van der Waals surface area contributed by atoms with Gasteiger partial charge in [-0.15, -0.1) is 0 Å². The van der Waals surface area contributed by atoms with E-state index in [9.17, 15) is 9.59 Å². The van der Waals surface area contributed by atoms with Crippen LogP contribution in [0.4, 0.5) is 5.69 Å². The lowest BCUT2D eigenvalue weighted by atomic mass is 10.0. The van der Waals surface area contributed by atoms with Crippen LogP contribution in [0.1, 0.15) is 45.7 Å². The Morgan fingerprint density at radius 1 is 0.946 bits per heavy atom. The second-order valence-electron chi connectivity index (χ2n) is 10.3. The van der Waals surface area contributed by atoms with Crippen LogP contribution in [0.2, 0.25) is 0 Å². The molecule has 0 N–H and O–H groups in total. The molecule has 6 heteroatoms. The summed E-state index contributed by atoms with van der Waals surface area (Å²) in [6, 6.07) is 20.4. The van der Waals surface area contributed by atoms with Crippen LogP contribution in [-0.2, 0) is 24.1 Å². The zero-order valence-corrected chi connectivity index (χ0v) is 22.0. The SMILES string of the molecule is Cc1ccc(N2CCN(C(=O)c3c(CCc4ccccc4)n(CC4CCCO4)c(C)cc3=O)CC2)cc1. The van der Waals surface area contributed by atoms with Gasteiger partial charge >= 0.3 is 0 Å². The smallest absolute Gasteiger partial charge is 0.259 e. The molecule has 5 rings (SSSR count). The zero-order valence-electron chi connectivity index (χ0n) is 22.0. The van der Waals surface area contributed by atoms with E-state index in [1.807, 2.05) is 30.0 Å². The highest BCUT2D eigenvalue weighted by Crippen LogP contribution is 2.22. The van der Waals surface area contributed by atoms with Crippen LogP contribution in [0.5, 0.6) is 0 Å². The molecule has 0 spiro atoms. The lowest BCUT2D eigenvalue weighted by molar-refractivity contribution is 0.0739. The molecule has 2 aromatic carbocycles. The third-order valence-corrected chi connectivity index (χ3v) is 7.71. The van der Waals surface area contributed by atoms with Gasteiger partial charge < -0.3 is 19.1 Å². The molecule has 1 atom stereocenters. The van der Waals surface area contributed by atoms with Gasteiger partial charge in [0.2, 0.25) is 0 Å². The number of nitrogens with zero attached hydrogens (tertiary/aromatic N) is 3. The number of aromatic nitrogens is 1. The second kappa shape index (κ2) is 11.3. The molecule has 2 aliphatic rings. The maximum atomic E-state index is 13.9. The minimum Gasteiger partial charge on any atom is -0.376 e. The summed E-state index contributed by atoms with van der Waals surface area (Å²) in [6.45, 7) is 8.22. The molecule has 194 valence electrons. The number of pyridine rings is 1. The van der Waals surface area contributed by atoms with E-state index in [0.29, 0.717) is 31.6 Å². The molecule has 0 saturated carbocycles. The molecular weight excluding hydrogens is 462 g/mol. The zero-order chi connectivity index (χ0) is 25.8. The Hall–Kier alpha value is -3.38. The molecule has 2 fully saturated rings. The molecular formula is C31H37N3O3. The highest BCUT2D eigenvalue weighted by atomic mass is 16.5. The van der Waals surface area contributed by atoms with Gasteiger partial charge in [0.25, 0.3) is 5.91 Å². The maximum absolute atomic E-state index is 13.9. The number of anilines is 1. The summed E-state index contributed by atoms with van der Waals surface area (Å²) >= 11 is 0. The summed E-state index contributed by atoms with van der Waals surface area (Å²) in [5.41, 5.74) is 5.51. The topological polar surface area (TPSA) is 54.8 Å². The van der Waals surface area contributed by atoms with Crippen molar-refractivity contribution < 1.29 is 9.53 Å². The lowest BCUT2D eigenvalue weighted by Crippen LogP contribution is -2.50. The molecule has 1 unspecified atom stereocenters. The first kappa shape index (κ1) is 25.3. The number of benzene rings is 2. The Morgan fingerprint density at radius 3 is 2.35 bits per heavy atom. The largest absolute Gasteiger partial charge is 0.376 e. The Labute approximate surface area is 219 Å². The van der Waals surface area contributed by atoms with E-state index in [0.717, 1.165) is 50.3 Å². The molecule has 3 aromatic rings. The molecule has 1 amide bonds. The molecule has 6 nitrogen and oxygen atoms in total. The summed E-state index contributed by atoms with van der Waals surface area (Å²) < 4.78 is 8.11. The number of carbonyl (C=O) groups is 1. The van der Waals surface area contributed by atoms with E-state index in [4.69, 9.17) is 4.74 Å². The predicted molar refractivity (Wildman–Crippen MR) is 148 cm³/mol. The number of hydrogen-bond acceptors (Lipinski definition) is 4. The van der Waals surface area contributed by atoms with Gasteiger partial charge in [0, 0.05) is 62.5 Å². The van der Waals surface area contributed by atoms with Gasteiger partial charge in [0.05, 0.1) is 6.10 Å². The van der Waals surface area contributed by atoms with Crippen molar-refractivity contribution in [3.05, 3.63) is 99.0 Å². The first-order chi connectivity index (χ1) is 18.0. The minimum atomic E-state index is -0.171. The Balaban J connectivity index is 1.41. The fourth-order valence-corrected chi connectivity index (χ4v) is 5.55. The van der Waals surface area contributed by atoms with Gasteiger partial charge in [0.15, 0.2) is 5.43 Å². The number of hydrogen-bond donors (Lipinski definition) is 0. The van der Waals surface area contributed by atoms with Crippen LogP contribution >= 0.6 is 0 Å². The summed E-state index contributed by atoms with van der Waals surface area (Å²) in [4.78, 5) is 31.4. The molecule has 0 bridgehead atoms. The summed E-state index contributed by atoms with van der Waals surface area (Å²) in [7, 11) is 0. The number of carbonyl (C=O) groups excluding carboxylic acids is 1. The Kier molecular flexibility index (Phi) is 7.75. The van der Waals surface area contributed by atoms with Crippen molar-refractivity contribution in [3.8, 4) is 0 Å². The normalized spacial score (nSPS) is 17.8. The number of aryl methyl sites for hydroxylation is 3. The highest BCUT2D eigenvalue weighted by molar-refractivity contribution is 5.95. The molecule has 2 aliphatic heterocycles. The predicted octanol–water partition coefficient (Wildman–Crippen LogP) is 4.39. The van der Waals surface area contributed by atoms with Gasteiger partial charge in [-0.2, -0.15) is 0 Å². The maximum Gasteiger partial charge on any atom is 0.259 e. The third kappa shape index (κ3) is 5.80. The van der Waals surface area contributed by atoms with Crippen molar-refractivity contribution in [3.63, 3.8) is 0 Å². The summed E-state index contributed by atoms with van der Waals surface area (Å²) in [5, 5.41) is 0. The van der Waals surface area contributed by atoms with Gasteiger partial charge in [-0.05, 0) is 57.2 Å². The third-order valence-electron chi connectivity index (χ3n) is 7.71. The van der Waals surface area contributed by atoms with Crippen molar-refractivity contribution in [1.29, 1.82) is 0 Å². The number of ether oxygens (including phenoxy) is 1. The lowest BCUT2D eigenvalue weighted by Gasteiger charge is -2.36. The van der Waals surface area contributed by atoms with Crippen LogP contribution in [0, 0.1) is 13.8 Å². The first-order valence-electron chi connectivity index (χ1n) is 13.5. The van der Waals surface area contributed by atoms with E-state index in [-0.39, 0.29) is 17.4 Å². The Morgan fingerprint density at radius 2 is 1.68 bits per heavy atom. The van der Waals surface area contributed by atoms with Crippen LogP contribution in [0.25, 0.3) is 0 Å². The molecule has 0 aliphatic carbocycles. The van der Waals surface area contributed by atoms with E-state index >= 15 is 0 Å². The molecule has 1 aromatic heterocycles. The van der Waals surface area contributed by atoms with Crippen molar-refractivity contribution in [1.82, 2.24) is 9.47 Å². The van der Waals surface area contributed by atoms with Crippen LogP contribution in [0.15, 0.2) is 65.5 Å². The van der Waals surface area contributed by atoms with Crippen LogP contribution < -0.4 is 10.3 Å². The molecule has 0 radical (unpaired) electrons. The van der Waals surface area contributed by atoms with E-state index in [1.54, 1.807) is 6.07 Å². The summed E-state index contributed by atoms with van der Waals surface area (Å²) in [5.74, 6) is -0.141. The van der Waals surface area contributed by atoms with E-state index < -0.39 is 0 Å². The first-order valence-corrected chi connectivity index (χ1v) is 13.5. The van der Waals surface area contributed by atoms with Gasteiger partial charge in [-0.1, -0.05) is 48.0 Å². The number of amides is 1. The van der Waals surface area contributed by atoms with Crippen molar-refractivity contribution in [2.75, 3.05) is 37.7 Å². The van der Waals surface area contributed by atoms with Crippen molar-refractivity contribution in [2.24, 2.45) is 0 Å². The van der Waals surface area contributed by atoms with Gasteiger partial charge in [0.1, 0.15) is 5.56 Å². The number of piperazine rings is 1. The van der Waals surface area contributed by atoms with Crippen LogP contribution in [0.3, 0.4) is 0 Å². The fraction of sp³-hybridized carbons (Fsp3) is 0.419. The molecule has 3 heterocycles. The van der Waals surface area contributed by atoms with Crippen LogP contribution in [-0.4, -0.2) is 54.3 Å². The standard InChI is InChI=1S/C31H37N3O3/c1-23-10-13-26(14-11-23)32-16-18-33(19-17-32)31(36)30-28(15-12-25-7-4-3-5-8-25)34(24(2)21-29(30)35)22-27-9-6-20-37-27/h3-5,7-8,10-11,13-14,21,27H,6,9,12,15-20,22H2,1-2H3. The van der Waals surface area contributed by atoms with Gasteiger partial charge in [-0.25, -0.2) is 0 Å². The summed E-state index contributed by atoms with van der Waals surface area (Å²) in [6.07, 6.45) is 3.60. The van der Waals surface area contributed by atoms with Crippen molar-refractivity contribution >= 4 is 11.6 Å². The number of rotatable bonds is 7. The monoisotopic (exact) mass is 499 g/mol. The fourth-order valence-electron chi connectivity index (χ4n) is 5.55. The van der Waals surface area contributed by atoms with E-state index in [1.165, 1.54) is 16.8 Å². The van der Waals surface area contributed by atoms with Gasteiger partial charge in [-0.3, -0.25) is 9.59 Å². The highest BCUT2D eigenvalue weighted by Gasteiger charge is 2.29. The van der Waals surface area contributed by atoms with E-state index in [2.05, 4.69) is 52.8 Å². The molecule has 2 saturated heterocycles. The second-order valence-corrected chi connectivity index (χ2v) is 10.3. The quantitative estimate of drug-likeness (QED) is 0.484. The minimum absolute atomic E-state index is 0.123.